The fraction of sp³-hybridized carbons (Fsp3) is 0.933. The Morgan fingerprint density at radius 1 is 1.39 bits per heavy atom. The molecule has 3 heteroatoms. The molecule has 0 radical (unpaired) electrons. The summed E-state index contributed by atoms with van der Waals surface area (Å²) in [6, 6.07) is 0.298. The van der Waals surface area contributed by atoms with Crippen LogP contribution in [-0.4, -0.2) is 24.7 Å². The van der Waals surface area contributed by atoms with Gasteiger partial charge < -0.3 is 10.1 Å². The Kier molecular flexibility index (Phi) is 3.48. The van der Waals surface area contributed by atoms with Crippen LogP contribution in [0.4, 0.5) is 0 Å². The van der Waals surface area contributed by atoms with Crippen molar-refractivity contribution in [3.8, 4) is 0 Å². The highest BCUT2D eigenvalue weighted by Gasteiger charge is 2.59. The van der Waals surface area contributed by atoms with E-state index in [-0.39, 0.29) is 24.0 Å². The van der Waals surface area contributed by atoms with E-state index in [0.717, 1.165) is 5.92 Å². The van der Waals surface area contributed by atoms with Crippen LogP contribution in [-0.2, 0) is 9.53 Å². The SMILES string of the molecule is CC(C)OCC(=O)NC1C2(C)CCC(C2)C1(C)C. The highest BCUT2D eigenvalue weighted by Crippen LogP contribution is 2.62. The Labute approximate surface area is 111 Å². The van der Waals surface area contributed by atoms with Crippen LogP contribution in [0.1, 0.15) is 53.9 Å². The second kappa shape index (κ2) is 4.52. The third-order valence-electron chi connectivity index (χ3n) is 5.12. The minimum absolute atomic E-state index is 0.0375. The summed E-state index contributed by atoms with van der Waals surface area (Å²) in [5.41, 5.74) is 0.516. The molecule has 0 aromatic carbocycles. The van der Waals surface area contributed by atoms with Crippen molar-refractivity contribution >= 4 is 5.91 Å². The molecule has 1 amide bonds. The number of hydrogen-bond acceptors (Lipinski definition) is 2. The van der Waals surface area contributed by atoms with Gasteiger partial charge in [0.25, 0.3) is 0 Å². The number of fused-ring (bicyclic) bond motifs is 2. The molecule has 3 unspecified atom stereocenters. The van der Waals surface area contributed by atoms with E-state index in [1.54, 1.807) is 0 Å². The van der Waals surface area contributed by atoms with Gasteiger partial charge in [0, 0.05) is 6.04 Å². The van der Waals surface area contributed by atoms with Crippen molar-refractivity contribution in [2.45, 2.75) is 66.0 Å². The minimum Gasteiger partial charge on any atom is -0.369 e. The Hall–Kier alpha value is -0.570. The van der Waals surface area contributed by atoms with Crippen LogP contribution < -0.4 is 5.32 Å². The van der Waals surface area contributed by atoms with E-state index in [0.29, 0.717) is 11.5 Å². The predicted molar refractivity (Wildman–Crippen MR) is 72.2 cm³/mol. The summed E-state index contributed by atoms with van der Waals surface area (Å²) in [7, 11) is 0. The maximum Gasteiger partial charge on any atom is 0.246 e. The van der Waals surface area contributed by atoms with Crippen LogP contribution in [0.3, 0.4) is 0 Å². The molecule has 1 N–H and O–H groups in total. The first-order chi connectivity index (χ1) is 8.25. The highest BCUT2D eigenvalue weighted by atomic mass is 16.5. The molecule has 3 atom stereocenters. The average Bonchev–Trinajstić information content (AvgIpc) is 2.73. The average molecular weight is 253 g/mol. The molecule has 2 aliphatic carbocycles. The Balaban J connectivity index is 1.98. The first kappa shape index (κ1) is 13.9. The van der Waals surface area contributed by atoms with E-state index >= 15 is 0 Å². The van der Waals surface area contributed by atoms with Crippen LogP contribution in [0.15, 0.2) is 0 Å². The molecule has 2 rings (SSSR count). The topological polar surface area (TPSA) is 38.3 Å². The number of carbonyl (C=O) groups excluding carboxylic acids is 1. The van der Waals surface area contributed by atoms with Gasteiger partial charge in [-0.25, -0.2) is 0 Å². The third kappa shape index (κ3) is 2.29. The van der Waals surface area contributed by atoms with E-state index in [4.69, 9.17) is 4.74 Å². The zero-order chi connectivity index (χ0) is 13.6. The van der Waals surface area contributed by atoms with E-state index in [1.165, 1.54) is 19.3 Å². The van der Waals surface area contributed by atoms with Gasteiger partial charge in [-0.3, -0.25) is 4.79 Å². The summed E-state index contributed by atoms with van der Waals surface area (Å²) in [5, 5.41) is 3.23. The molecule has 3 nitrogen and oxygen atoms in total. The number of nitrogens with one attached hydrogen (secondary N) is 1. The second-order valence-corrected chi connectivity index (χ2v) is 7.28. The van der Waals surface area contributed by atoms with Gasteiger partial charge in [-0.05, 0) is 49.9 Å². The van der Waals surface area contributed by atoms with Crippen LogP contribution in [0.2, 0.25) is 0 Å². The highest BCUT2D eigenvalue weighted by molar-refractivity contribution is 5.77. The van der Waals surface area contributed by atoms with Crippen LogP contribution in [0, 0.1) is 16.7 Å². The molecule has 2 fully saturated rings. The molecule has 0 aromatic rings. The lowest BCUT2D eigenvalue weighted by Gasteiger charge is -2.43. The van der Waals surface area contributed by atoms with Gasteiger partial charge in [0.2, 0.25) is 5.91 Å². The molecule has 0 saturated heterocycles. The van der Waals surface area contributed by atoms with Gasteiger partial charge in [-0.2, -0.15) is 0 Å². The van der Waals surface area contributed by atoms with E-state index in [2.05, 4.69) is 26.1 Å². The molecule has 2 saturated carbocycles. The number of hydrogen-bond donors (Lipinski definition) is 1. The molecular formula is C15H27NO2. The van der Waals surface area contributed by atoms with Gasteiger partial charge >= 0.3 is 0 Å². The Morgan fingerprint density at radius 3 is 2.56 bits per heavy atom. The normalized spacial score (nSPS) is 37.2. The summed E-state index contributed by atoms with van der Waals surface area (Å²) in [6.07, 6.45) is 3.94. The van der Waals surface area contributed by atoms with E-state index in [9.17, 15) is 4.79 Å². The zero-order valence-electron chi connectivity index (χ0n) is 12.4. The Morgan fingerprint density at radius 2 is 2.06 bits per heavy atom. The predicted octanol–water partition coefficient (Wildman–Crippen LogP) is 2.74. The summed E-state index contributed by atoms with van der Waals surface area (Å²) in [5.74, 6) is 0.800. The maximum absolute atomic E-state index is 12.0. The first-order valence-electron chi connectivity index (χ1n) is 7.17. The van der Waals surface area contributed by atoms with Gasteiger partial charge in [-0.15, -0.1) is 0 Å². The summed E-state index contributed by atoms with van der Waals surface area (Å²) in [4.78, 5) is 12.0. The Bertz CT molecular complexity index is 333. The van der Waals surface area contributed by atoms with Gasteiger partial charge in [0.05, 0.1) is 6.10 Å². The number of ether oxygens (including phenoxy) is 1. The summed E-state index contributed by atoms with van der Waals surface area (Å²) >= 11 is 0. The van der Waals surface area contributed by atoms with Crippen LogP contribution >= 0.6 is 0 Å². The maximum atomic E-state index is 12.0. The smallest absolute Gasteiger partial charge is 0.246 e. The number of amides is 1. The zero-order valence-corrected chi connectivity index (χ0v) is 12.4. The quantitative estimate of drug-likeness (QED) is 0.836. The van der Waals surface area contributed by atoms with Crippen molar-refractivity contribution in [1.29, 1.82) is 0 Å². The third-order valence-corrected chi connectivity index (χ3v) is 5.12. The summed E-state index contributed by atoms with van der Waals surface area (Å²) in [6.45, 7) is 11.0. The second-order valence-electron chi connectivity index (χ2n) is 7.28. The van der Waals surface area contributed by atoms with Crippen molar-refractivity contribution < 1.29 is 9.53 Å². The molecular weight excluding hydrogens is 226 g/mol. The van der Waals surface area contributed by atoms with Crippen LogP contribution in [0.5, 0.6) is 0 Å². The molecule has 104 valence electrons. The fourth-order valence-corrected chi connectivity index (χ4v) is 4.11. The largest absolute Gasteiger partial charge is 0.369 e. The van der Waals surface area contributed by atoms with Crippen molar-refractivity contribution in [3.05, 3.63) is 0 Å². The fourth-order valence-electron chi connectivity index (χ4n) is 4.11. The van der Waals surface area contributed by atoms with Crippen molar-refractivity contribution in [2.24, 2.45) is 16.7 Å². The van der Waals surface area contributed by atoms with Gasteiger partial charge in [0.15, 0.2) is 0 Å². The molecule has 0 aliphatic heterocycles. The molecule has 2 bridgehead atoms. The summed E-state index contributed by atoms with van der Waals surface area (Å²) < 4.78 is 5.38. The van der Waals surface area contributed by atoms with Gasteiger partial charge in [-0.1, -0.05) is 20.8 Å². The minimum atomic E-state index is 0.0375. The first-order valence-corrected chi connectivity index (χ1v) is 7.17. The molecule has 2 aliphatic rings. The lowest BCUT2D eigenvalue weighted by Crippen LogP contribution is -2.53. The molecule has 0 spiro atoms. The van der Waals surface area contributed by atoms with Crippen molar-refractivity contribution in [2.75, 3.05) is 6.61 Å². The molecule has 18 heavy (non-hydrogen) atoms. The lowest BCUT2D eigenvalue weighted by atomic mass is 9.68. The van der Waals surface area contributed by atoms with Crippen LogP contribution in [0.25, 0.3) is 0 Å². The van der Waals surface area contributed by atoms with E-state index in [1.807, 2.05) is 13.8 Å². The van der Waals surface area contributed by atoms with Crippen molar-refractivity contribution in [1.82, 2.24) is 5.32 Å². The molecule has 0 aromatic heterocycles. The number of rotatable bonds is 4. The lowest BCUT2D eigenvalue weighted by molar-refractivity contribution is -0.129. The number of carbonyl (C=O) groups is 1. The van der Waals surface area contributed by atoms with Gasteiger partial charge in [0.1, 0.15) is 6.61 Å². The van der Waals surface area contributed by atoms with E-state index < -0.39 is 0 Å². The molecule has 0 heterocycles. The van der Waals surface area contributed by atoms with Crippen molar-refractivity contribution in [3.63, 3.8) is 0 Å². The monoisotopic (exact) mass is 253 g/mol. The standard InChI is InChI=1S/C15H27NO2/c1-10(2)18-9-12(17)16-13-14(3,4)11-6-7-15(13,5)8-11/h10-11,13H,6-9H2,1-5H3,(H,16,17).